The van der Waals surface area contributed by atoms with Gasteiger partial charge in [0.15, 0.2) is 8.32 Å². The highest BCUT2D eigenvalue weighted by Gasteiger charge is 2.36. The Morgan fingerprint density at radius 3 is 2.43 bits per heavy atom. The SMILES string of the molecule is COC(=O)c1ccc(OCCO[Si](C)(C)C(C)(C)C)c(C#N)c1. The van der Waals surface area contributed by atoms with Gasteiger partial charge in [-0.15, -0.1) is 0 Å². The Kier molecular flexibility index (Phi) is 6.36. The first-order chi connectivity index (χ1) is 10.6. The average Bonchev–Trinajstić information content (AvgIpc) is 2.49. The van der Waals surface area contributed by atoms with E-state index in [9.17, 15) is 10.1 Å². The molecule has 1 aromatic carbocycles. The molecule has 5 nitrogen and oxygen atoms in total. The predicted molar refractivity (Wildman–Crippen MR) is 91.1 cm³/mol. The molecule has 0 aliphatic rings. The summed E-state index contributed by atoms with van der Waals surface area (Å²) in [6.45, 7) is 11.7. The number of carbonyl (C=O) groups excluding carboxylic acids is 1. The molecule has 0 N–H and O–H groups in total. The Hall–Kier alpha value is -1.84. The van der Waals surface area contributed by atoms with Crippen LogP contribution >= 0.6 is 0 Å². The maximum atomic E-state index is 11.5. The molecule has 0 saturated carbocycles. The lowest BCUT2D eigenvalue weighted by molar-refractivity contribution is 0.0600. The van der Waals surface area contributed by atoms with Crippen molar-refractivity contribution in [2.75, 3.05) is 20.3 Å². The maximum absolute atomic E-state index is 11.5. The van der Waals surface area contributed by atoms with Gasteiger partial charge in [0.05, 0.1) is 24.8 Å². The second kappa shape index (κ2) is 7.62. The van der Waals surface area contributed by atoms with Crippen LogP contribution in [0.15, 0.2) is 18.2 Å². The molecule has 0 aliphatic heterocycles. The molecule has 1 aromatic rings. The normalized spacial score (nSPS) is 11.7. The van der Waals surface area contributed by atoms with Gasteiger partial charge in [-0.05, 0) is 36.3 Å². The van der Waals surface area contributed by atoms with E-state index in [1.54, 1.807) is 12.1 Å². The van der Waals surface area contributed by atoms with Gasteiger partial charge in [-0.25, -0.2) is 4.79 Å². The number of hydrogen-bond acceptors (Lipinski definition) is 5. The summed E-state index contributed by atoms with van der Waals surface area (Å²) in [6.07, 6.45) is 0. The van der Waals surface area contributed by atoms with Gasteiger partial charge in [-0.3, -0.25) is 0 Å². The zero-order valence-electron chi connectivity index (χ0n) is 14.7. The molecular weight excluding hydrogens is 310 g/mol. The monoisotopic (exact) mass is 335 g/mol. The van der Waals surface area contributed by atoms with Crippen molar-refractivity contribution in [3.63, 3.8) is 0 Å². The Bertz CT molecular complexity index is 600. The summed E-state index contributed by atoms with van der Waals surface area (Å²) in [5.41, 5.74) is 0.633. The Morgan fingerprint density at radius 2 is 1.91 bits per heavy atom. The van der Waals surface area contributed by atoms with Crippen molar-refractivity contribution in [3.8, 4) is 11.8 Å². The first kappa shape index (κ1) is 19.2. The number of esters is 1. The van der Waals surface area contributed by atoms with Crippen molar-refractivity contribution in [2.24, 2.45) is 0 Å². The lowest BCUT2D eigenvalue weighted by atomic mass is 10.1. The fourth-order valence-corrected chi connectivity index (χ4v) is 2.68. The van der Waals surface area contributed by atoms with E-state index in [1.165, 1.54) is 13.2 Å². The van der Waals surface area contributed by atoms with E-state index in [-0.39, 0.29) is 5.04 Å². The average molecular weight is 335 g/mol. The molecule has 23 heavy (non-hydrogen) atoms. The summed E-state index contributed by atoms with van der Waals surface area (Å²) in [5.74, 6) is -0.0340. The van der Waals surface area contributed by atoms with Gasteiger partial charge in [0, 0.05) is 0 Å². The van der Waals surface area contributed by atoms with Crippen LogP contribution < -0.4 is 4.74 Å². The van der Waals surface area contributed by atoms with Crippen LogP contribution in [0.3, 0.4) is 0 Å². The van der Waals surface area contributed by atoms with Crippen LogP contribution in [0.4, 0.5) is 0 Å². The van der Waals surface area contributed by atoms with Crippen LogP contribution in [-0.2, 0) is 9.16 Å². The number of carbonyl (C=O) groups is 1. The molecule has 0 saturated heterocycles. The van der Waals surface area contributed by atoms with Crippen LogP contribution in [0.25, 0.3) is 0 Å². The van der Waals surface area contributed by atoms with Gasteiger partial charge in [-0.2, -0.15) is 5.26 Å². The molecule has 126 valence electrons. The van der Waals surface area contributed by atoms with Crippen molar-refractivity contribution in [1.82, 2.24) is 0 Å². The number of ether oxygens (including phenoxy) is 2. The quantitative estimate of drug-likeness (QED) is 0.450. The van der Waals surface area contributed by atoms with Gasteiger partial charge in [0.1, 0.15) is 18.4 Å². The van der Waals surface area contributed by atoms with Crippen LogP contribution in [0.5, 0.6) is 5.75 Å². The van der Waals surface area contributed by atoms with E-state index in [1.807, 2.05) is 6.07 Å². The number of nitrogens with zero attached hydrogens (tertiary/aromatic N) is 1. The van der Waals surface area contributed by atoms with E-state index in [0.29, 0.717) is 30.1 Å². The summed E-state index contributed by atoms with van der Waals surface area (Å²) in [6, 6.07) is 6.69. The molecule has 6 heteroatoms. The third-order valence-electron chi connectivity index (χ3n) is 4.13. The van der Waals surface area contributed by atoms with Crippen molar-refractivity contribution < 1.29 is 18.7 Å². The molecule has 0 heterocycles. The number of rotatable bonds is 6. The standard InChI is InChI=1S/C17H25NO4Si/c1-17(2,3)23(5,6)22-10-9-21-15-8-7-13(16(19)20-4)11-14(15)12-18/h7-8,11H,9-10H2,1-6H3. The van der Waals surface area contributed by atoms with E-state index >= 15 is 0 Å². The van der Waals surface area contributed by atoms with Gasteiger partial charge >= 0.3 is 5.97 Å². The van der Waals surface area contributed by atoms with E-state index < -0.39 is 14.3 Å². The minimum Gasteiger partial charge on any atom is -0.490 e. The molecule has 0 spiro atoms. The lowest BCUT2D eigenvalue weighted by Gasteiger charge is -2.36. The summed E-state index contributed by atoms with van der Waals surface area (Å²) >= 11 is 0. The van der Waals surface area contributed by atoms with E-state index in [0.717, 1.165) is 0 Å². The molecule has 1 rings (SSSR count). The van der Waals surface area contributed by atoms with Crippen molar-refractivity contribution in [3.05, 3.63) is 29.3 Å². The first-order valence-electron chi connectivity index (χ1n) is 7.51. The molecule has 0 amide bonds. The van der Waals surface area contributed by atoms with Crippen molar-refractivity contribution in [2.45, 2.75) is 38.9 Å². The third kappa shape index (κ3) is 5.08. The topological polar surface area (TPSA) is 68.6 Å². The van der Waals surface area contributed by atoms with Gasteiger partial charge in [-0.1, -0.05) is 20.8 Å². The Labute approximate surface area is 139 Å². The Morgan fingerprint density at radius 1 is 1.26 bits per heavy atom. The fraction of sp³-hybridized carbons (Fsp3) is 0.529. The Balaban J connectivity index is 2.66. The van der Waals surface area contributed by atoms with E-state index in [2.05, 4.69) is 38.6 Å². The lowest BCUT2D eigenvalue weighted by Crippen LogP contribution is -2.41. The number of hydrogen-bond donors (Lipinski definition) is 0. The second-order valence-corrected chi connectivity index (χ2v) is 11.6. The molecule has 0 aliphatic carbocycles. The van der Waals surface area contributed by atoms with E-state index in [4.69, 9.17) is 9.16 Å². The number of nitriles is 1. The van der Waals surface area contributed by atoms with Gasteiger partial charge < -0.3 is 13.9 Å². The summed E-state index contributed by atoms with van der Waals surface area (Å²) in [4.78, 5) is 11.5. The fourth-order valence-electron chi connectivity index (χ4n) is 1.65. The largest absolute Gasteiger partial charge is 0.490 e. The smallest absolute Gasteiger partial charge is 0.337 e. The minimum atomic E-state index is -1.80. The molecule has 0 atom stereocenters. The van der Waals surface area contributed by atoms with Crippen LogP contribution in [-0.4, -0.2) is 34.6 Å². The first-order valence-corrected chi connectivity index (χ1v) is 10.4. The number of methoxy groups -OCH3 is 1. The van der Waals surface area contributed by atoms with Crippen LogP contribution in [0, 0.1) is 11.3 Å². The van der Waals surface area contributed by atoms with Crippen LogP contribution in [0.1, 0.15) is 36.7 Å². The summed E-state index contributed by atoms with van der Waals surface area (Å²) in [7, 11) is -0.497. The zero-order chi connectivity index (χ0) is 17.7. The van der Waals surface area contributed by atoms with Crippen molar-refractivity contribution >= 4 is 14.3 Å². The predicted octanol–water partition coefficient (Wildman–Crippen LogP) is 3.75. The molecule has 0 unspecified atom stereocenters. The third-order valence-corrected chi connectivity index (χ3v) is 8.67. The van der Waals surface area contributed by atoms with Gasteiger partial charge in [0.25, 0.3) is 0 Å². The van der Waals surface area contributed by atoms with Gasteiger partial charge in [0.2, 0.25) is 0 Å². The number of benzene rings is 1. The summed E-state index contributed by atoms with van der Waals surface area (Å²) < 4.78 is 16.3. The summed E-state index contributed by atoms with van der Waals surface area (Å²) in [5, 5.41) is 9.33. The van der Waals surface area contributed by atoms with Crippen LogP contribution in [0.2, 0.25) is 18.1 Å². The molecule has 0 fully saturated rings. The maximum Gasteiger partial charge on any atom is 0.337 e. The second-order valence-electron chi connectivity index (χ2n) is 6.77. The molecular formula is C17H25NO4Si. The highest BCUT2D eigenvalue weighted by Crippen LogP contribution is 2.36. The highest BCUT2D eigenvalue weighted by molar-refractivity contribution is 6.74. The highest BCUT2D eigenvalue weighted by atomic mass is 28.4. The molecule has 0 aromatic heterocycles. The van der Waals surface area contributed by atoms with Crippen molar-refractivity contribution in [1.29, 1.82) is 5.26 Å². The minimum absolute atomic E-state index is 0.146. The molecule has 0 bridgehead atoms. The zero-order valence-corrected chi connectivity index (χ0v) is 15.7. The molecule has 0 radical (unpaired) electrons.